The number of fused-ring (bicyclic) bond motifs is 1. The van der Waals surface area contributed by atoms with Crippen molar-refractivity contribution >= 4 is 22.8 Å². The maximum Gasteiger partial charge on any atom is 0.139 e. The van der Waals surface area contributed by atoms with Crippen molar-refractivity contribution in [3.8, 4) is 22.4 Å². The van der Waals surface area contributed by atoms with Gasteiger partial charge in [0.25, 0.3) is 0 Å². The molecule has 0 amide bonds. The number of nitrogen functional groups attached to an aromatic ring is 1. The average Bonchev–Trinajstić information content (AvgIpc) is 3.41. The minimum absolute atomic E-state index is 0.729. The van der Waals surface area contributed by atoms with Gasteiger partial charge in [0.15, 0.2) is 0 Å². The molecule has 1 aliphatic carbocycles. The SMILES string of the molecule is Cc1cc2nc(-c3ccc(C#Cc4ccccc4)s3)c(N)n2c(C)c1CC1CCCCC1. The number of rotatable bonds is 3. The normalized spacial score (nSPS) is 14.4. The summed E-state index contributed by atoms with van der Waals surface area (Å²) < 4.78 is 2.15. The zero-order valence-corrected chi connectivity index (χ0v) is 19.6. The predicted molar refractivity (Wildman–Crippen MR) is 135 cm³/mol. The third kappa shape index (κ3) is 4.06. The lowest BCUT2D eigenvalue weighted by Gasteiger charge is -2.23. The molecule has 32 heavy (non-hydrogen) atoms. The maximum absolute atomic E-state index is 6.67. The van der Waals surface area contributed by atoms with Crippen molar-refractivity contribution < 1.29 is 0 Å². The van der Waals surface area contributed by atoms with E-state index < -0.39 is 0 Å². The van der Waals surface area contributed by atoms with E-state index in [9.17, 15) is 0 Å². The van der Waals surface area contributed by atoms with Gasteiger partial charge in [0.2, 0.25) is 0 Å². The Kier molecular flexibility index (Phi) is 5.76. The van der Waals surface area contributed by atoms with E-state index in [2.05, 4.69) is 48.3 Å². The van der Waals surface area contributed by atoms with Gasteiger partial charge >= 0.3 is 0 Å². The number of aromatic nitrogens is 2. The summed E-state index contributed by atoms with van der Waals surface area (Å²) in [5.41, 5.74) is 13.5. The molecular formula is C28H29N3S. The van der Waals surface area contributed by atoms with Crippen molar-refractivity contribution in [2.75, 3.05) is 5.73 Å². The molecule has 3 heterocycles. The smallest absolute Gasteiger partial charge is 0.139 e. The van der Waals surface area contributed by atoms with Gasteiger partial charge in [-0.2, -0.15) is 0 Å². The van der Waals surface area contributed by atoms with Crippen LogP contribution in [0.1, 0.15) is 59.4 Å². The van der Waals surface area contributed by atoms with E-state index in [4.69, 9.17) is 10.7 Å². The number of nitrogens with zero attached hydrogens (tertiary/aromatic N) is 2. The number of aryl methyl sites for hydroxylation is 2. The second-order valence-corrected chi connectivity index (χ2v) is 10.0. The van der Waals surface area contributed by atoms with Crippen LogP contribution < -0.4 is 5.73 Å². The van der Waals surface area contributed by atoms with Crippen LogP contribution >= 0.6 is 11.3 Å². The van der Waals surface area contributed by atoms with E-state index in [0.29, 0.717) is 0 Å². The van der Waals surface area contributed by atoms with Crippen LogP contribution in [0.15, 0.2) is 48.5 Å². The van der Waals surface area contributed by atoms with E-state index in [1.165, 1.54) is 48.9 Å². The van der Waals surface area contributed by atoms with Gasteiger partial charge in [-0.1, -0.05) is 62.1 Å². The summed E-state index contributed by atoms with van der Waals surface area (Å²) in [4.78, 5) is 7.01. The molecule has 0 unspecified atom stereocenters. The summed E-state index contributed by atoms with van der Waals surface area (Å²) >= 11 is 1.65. The predicted octanol–water partition coefficient (Wildman–Crippen LogP) is 6.78. The van der Waals surface area contributed by atoms with Crippen LogP contribution in [-0.2, 0) is 6.42 Å². The van der Waals surface area contributed by atoms with Crippen molar-refractivity contribution in [2.24, 2.45) is 5.92 Å². The second-order valence-electron chi connectivity index (χ2n) is 8.92. The molecule has 2 N–H and O–H groups in total. The minimum Gasteiger partial charge on any atom is -0.383 e. The molecule has 0 atom stereocenters. The van der Waals surface area contributed by atoms with E-state index in [0.717, 1.165) is 44.8 Å². The molecule has 4 aromatic rings. The lowest BCUT2D eigenvalue weighted by molar-refractivity contribution is 0.355. The summed E-state index contributed by atoms with van der Waals surface area (Å²) in [5, 5.41) is 0. The average molecular weight is 440 g/mol. The Labute approximate surface area is 194 Å². The molecule has 0 radical (unpaired) electrons. The van der Waals surface area contributed by atoms with Crippen LogP contribution in [0.2, 0.25) is 0 Å². The Hall–Kier alpha value is -3.03. The molecule has 3 aromatic heterocycles. The van der Waals surface area contributed by atoms with Gasteiger partial charge in [0.05, 0.1) is 9.75 Å². The number of pyridine rings is 1. The zero-order chi connectivity index (χ0) is 22.1. The van der Waals surface area contributed by atoms with Crippen molar-refractivity contribution in [3.05, 3.63) is 75.8 Å². The van der Waals surface area contributed by atoms with Gasteiger partial charge in [-0.05, 0) is 67.6 Å². The molecule has 1 saturated carbocycles. The molecule has 162 valence electrons. The van der Waals surface area contributed by atoms with Crippen molar-refractivity contribution in [3.63, 3.8) is 0 Å². The Morgan fingerprint density at radius 2 is 1.81 bits per heavy atom. The van der Waals surface area contributed by atoms with Crippen molar-refractivity contribution in [1.82, 2.24) is 9.38 Å². The molecular weight excluding hydrogens is 410 g/mol. The Balaban J connectivity index is 1.48. The fourth-order valence-electron chi connectivity index (χ4n) is 4.96. The topological polar surface area (TPSA) is 43.3 Å². The van der Waals surface area contributed by atoms with E-state index in [1.54, 1.807) is 11.3 Å². The summed E-state index contributed by atoms with van der Waals surface area (Å²) in [7, 11) is 0. The monoisotopic (exact) mass is 439 g/mol. The van der Waals surface area contributed by atoms with Crippen LogP contribution in [0.5, 0.6) is 0 Å². The molecule has 0 bridgehead atoms. The molecule has 5 rings (SSSR count). The molecule has 1 aromatic carbocycles. The molecule has 1 fully saturated rings. The Morgan fingerprint density at radius 1 is 1.03 bits per heavy atom. The molecule has 0 spiro atoms. The zero-order valence-electron chi connectivity index (χ0n) is 18.8. The van der Waals surface area contributed by atoms with Gasteiger partial charge in [0, 0.05) is 11.3 Å². The van der Waals surface area contributed by atoms with Crippen molar-refractivity contribution in [2.45, 2.75) is 52.4 Å². The number of thiophene rings is 1. The summed E-state index contributed by atoms with van der Waals surface area (Å²) in [6.07, 6.45) is 7.99. The first kappa shape index (κ1) is 20.8. The van der Waals surface area contributed by atoms with Gasteiger partial charge in [-0.3, -0.25) is 4.40 Å². The fourth-order valence-corrected chi connectivity index (χ4v) is 5.82. The second kappa shape index (κ2) is 8.84. The largest absolute Gasteiger partial charge is 0.383 e. The van der Waals surface area contributed by atoms with Gasteiger partial charge < -0.3 is 5.73 Å². The number of hydrogen-bond acceptors (Lipinski definition) is 3. The van der Waals surface area contributed by atoms with E-state index in [-0.39, 0.29) is 0 Å². The quantitative estimate of drug-likeness (QED) is 0.357. The van der Waals surface area contributed by atoms with Crippen LogP contribution in [-0.4, -0.2) is 9.38 Å². The molecule has 0 aliphatic heterocycles. The summed E-state index contributed by atoms with van der Waals surface area (Å²) in [6.45, 7) is 4.42. The van der Waals surface area contributed by atoms with E-state index >= 15 is 0 Å². The maximum atomic E-state index is 6.67. The summed E-state index contributed by atoms with van der Waals surface area (Å²) in [6, 6.07) is 16.4. The lowest BCUT2D eigenvalue weighted by atomic mass is 9.83. The van der Waals surface area contributed by atoms with Gasteiger partial charge in [-0.25, -0.2) is 4.98 Å². The highest BCUT2D eigenvalue weighted by molar-refractivity contribution is 7.16. The van der Waals surface area contributed by atoms with Crippen LogP contribution in [0.3, 0.4) is 0 Å². The first-order valence-electron chi connectivity index (χ1n) is 11.5. The van der Waals surface area contributed by atoms with Crippen LogP contribution in [0.25, 0.3) is 16.2 Å². The Bertz CT molecular complexity index is 1310. The Morgan fingerprint density at radius 3 is 2.59 bits per heavy atom. The standard InChI is InChI=1S/C28H29N3S/c1-19-17-26-30-27(25-16-15-23(32-25)14-13-21-9-5-3-6-10-21)28(29)31(26)20(2)24(19)18-22-11-7-4-8-12-22/h3,5-6,9-10,15-17,22H,4,7-8,11-12,18,29H2,1-2H3. The van der Waals surface area contributed by atoms with Crippen LogP contribution in [0, 0.1) is 31.6 Å². The van der Waals surface area contributed by atoms with Gasteiger partial charge in [-0.15, -0.1) is 11.3 Å². The fraction of sp³-hybridized carbons (Fsp3) is 0.321. The number of nitrogens with two attached hydrogens (primary N) is 1. The first-order valence-corrected chi connectivity index (χ1v) is 12.4. The third-order valence-electron chi connectivity index (χ3n) is 6.69. The minimum atomic E-state index is 0.729. The van der Waals surface area contributed by atoms with Crippen molar-refractivity contribution in [1.29, 1.82) is 0 Å². The lowest BCUT2D eigenvalue weighted by Crippen LogP contribution is -2.13. The number of hydrogen-bond donors (Lipinski definition) is 1. The van der Waals surface area contributed by atoms with Gasteiger partial charge in [0.1, 0.15) is 17.2 Å². The molecule has 0 saturated heterocycles. The molecule has 3 nitrogen and oxygen atoms in total. The highest BCUT2D eigenvalue weighted by Gasteiger charge is 2.20. The molecule has 4 heteroatoms. The highest BCUT2D eigenvalue weighted by atomic mass is 32.1. The summed E-state index contributed by atoms with van der Waals surface area (Å²) in [5.74, 6) is 8.03. The number of imidazole rings is 1. The van der Waals surface area contributed by atoms with Crippen LogP contribution in [0.4, 0.5) is 5.82 Å². The number of benzene rings is 1. The first-order chi connectivity index (χ1) is 15.6. The van der Waals surface area contributed by atoms with E-state index in [1.807, 2.05) is 30.3 Å². The third-order valence-corrected chi connectivity index (χ3v) is 7.70. The molecule has 1 aliphatic rings. The number of anilines is 1. The highest BCUT2D eigenvalue weighted by Crippen LogP contribution is 2.35.